The molecule has 0 saturated heterocycles. The zero-order valence-corrected chi connectivity index (χ0v) is 7.98. The number of aromatic nitrogens is 4. The number of nitrogens with zero attached hydrogens (tertiary/aromatic N) is 4. The maximum Gasteiger partial charge on any atom is 0.115 e. The summed E-state index contributed by atoms with van der Waals surface area (Å²) in [5, 5.41) is 3.75. The van der Waals surface area contributed by atoms with Crippen LogP contribution < -0.4 is 11.3 Å². The monoisotopic (exact) mass is 208 g/mol. The number of hydrogen-bond acceptors (Lipinski definition) is 7. The topological polar surface area (TPSA) is 89.6 Å². The van der Waals surface area contributed by atoms with E-state index < -0.39 is 0 Å². The number of nitrogens with one attached hydrogen (secondary N) is 1. The van der Waals surface area contributed by atoms with Gasteiger partial charge in [0, 0.05) is 18.0 Å². The van der Waals surface area contributed by atoms with E-state index in [1.54, 1.807) is 18.6 Å². The summed E-state index contributed by atoms with van der Waals surface area (Å²) in [6.07, 6.45) is 6.55. The average molecular weight is 208 g/mol. The Morgan fingerprint density at radius 2 is 2.07 bits per heavy atom. The molecule has 0 saturated carbocycles. The van der Waals surface area contributed by atoms with E-state index in [1.807, 2.05) is 0 Å². The maximum absolute atomic E-state index is 5.44. The molecule has 0 aliphatic carbocycles. The fraction of sp³-hybridized carbons (Fsp3) is 0.143. The molecular formula is C7H8N6S. The Morgan fingerprint density at radius 3 is 2.64 bits per heavy atom. The molecule has 2 heterocycles. The van der Waals surface area contributed by atoms with Crippen LogP contribution in [0, 0.1) is 0 Å². The second-order valence-corrected chi connectivity index (χ2v) is 3.41. The third-order valence-corrected chi connectivity index (χ3v) is 2.47. The molecular weight excluding hydrogens is 200 g/mol. The highest BCUT2D eigenvalue weighted by Crippen LogP contribution is 2.21. The van der Waals surface area contributed by atoms with E-state index in [2.05, 4.69) is 25.0 Å². The Balaban J connectivity index is 2.31. The lowest BCUT2D eigenvalue weighted by molar-refractivity contribution is 0.640. The van der Waals surface area contributed by atoms with Crippen LogP contribution in [0.4, 0.5) is 0 Å². The van der Waals surface area contributed by atoms with Gasteiger partial charge < -0.3 is 0 Å². The summed E-state index contributed by atoms with van der Waals surface area (Å²) in [5.41, 5.74) is 3.56. The van der Waals surface area contributed by atoms with Gasteiger partial charge in [-0.05, 0) is 11.5 Å². The Hall–Kier alpha value is -1.44. The van der Waals surface area contributed by atoms with Crippen molar-refractivity contribution in [2.24, 2.45) is 5.84 Å². The van der Waals surface area contributed by atoms with Gasteiger partial charge in [-0.15, -0.1) is 5.10 Å². The van der Waals surface area contributed by atoms with Crippen molar-refractivity contribution in [3.8, 4) is 0 Å². The van der Waals surface area contributed by atoms with Crippen LogP contribution in [-0.2, 0) is 0 Å². The van der Waals surface area contributed by atoms with Gasteiger partial charge in [0.1, 0.15) is 6.33 Å². The highest BCUT2D eigenvalue weighted by molar-refractivity contribution is 7.05. The molecule has 72 valence electrons. The summed E-state index contributed by atoms with van der Waals surface area (Å²) in [7, 11) is 0. The normalized spacial score (nSPS) is 12.6. The second kappa shape index (κ2) is 4.18. The molecule has 0 radical (unpaired) electrons. The predicted octanol–water partition coefficient (Wildman–Crippen LogP) is -0.119. The van der Waals surface area contributed by atoms with Crippen molar-refractivity contribution in [2.45, 2.75) is 6.04 Å². The molecule has 0 spiro atoms. The van der Waals surface area contributed by atoms with E-state index >= 15 is 0 Å². The Morgan fingerprint density at radius 1 is 1.29 bits per heavy atom. The van der Waals surface area contributed by atoms with Crippen LogP contribution in [0.5, 0.6) is 0 Å². The van der Waals surface area contributed by atoms with Gasteiger partial charge >= 0.3 is 0 Å². The first-order valence-corrected chi connectivity index (χ1v) is 4.67. The molecule has 0 aromatic carbocycles. The molecule has 2 aromatic heterocycles. The van der Waals surface area contributed by atoms with Crippen LogP contribution in [0.3, 0.4) is 0 Å². The zero-order valence-electron chi connectivity index (χ0n) is 7.16. The van der Waals surface area contributed by atoms with Crippen molar-refractivity contribution in [2.75, 3.05) is 0 Å². The third kappa shape index (κ3) is 1.74. The molecule has 1 atom stereocenters. The standard InChI is InChI=1S/C7H8N6S/c8-12-7(6-3-11-13-14-6)5-1-9-4-10-2-5/h1-4,7,12H,8H2. The Labute approximate surface area is 84.3 Å². The summed E-state index contributed by atoms with van der Waals surface area (Å²) in [4.78, 5) is 8.77. The first-order chi connectivity index (χ1) is 6.92. The van der Waals surface area contributed by atoms with Crippen LogP contribution in [-0.4, -0.2) is 19.6 Å². The van der Waals surface area contributed by atoms with Crippen LogP contribution in [0.25, 0.3) is 0 Å². The van der Waals surface area contributed by atoms with E-state index in [4.69, 9.17) is 5.84 Å². The predicted molar refractivity (Wildman–Crippen MR) is 51.1 cm³/mol. The lowest BCUT2D eigenvalue weighted by Gasteiger charge is -2.11. The van der Waals surface area contributed by atoms with Gasteiger partial charge in [0.15, 0.2) is 0 Å². The zero-order chi connectivity index (χ0) is 9.80. The Kier molecular flexibility index (Phi) is 2.73. The van der Waals surface area contributed by atoms with E-state index in [1.165, 1.54) is 17.9 Å². The summed E-state index contributed by atoms with van der Waals surface area (Å²) in [5.74, 6) is 5.44. The molecule has 2 aromatic rings. The molecule has 7 heteroatoms. The van der Waals surface area contributed by atoms with Crippen LogP contribution >= 0.6 is 11.5 Å². The fourth-order valence-corrected chi connectivity index (χ4v) is 1.70. The molecule has 0 amide bonds. The van der Waals surface area contributed by atoms with Gasteiger partial charge in [-0.3, -0.25) is 5.84 Å². The highest BCUT2D eigenvalue weighted by atomic mass is 32.1. The summed E-state index contributed by atoms with van der Waals surface area (Å²) in [6, 6.07) is -0.142. The van der Waals surface area contributed by atoms with Crippen molar-refractivity contribution in [1.29, 1.82) is 0 Å². The molecule has 0 aliphatic heterocycles. The SMILES string of the molecule is NNC(c1cncnc1)c1cnns1. The van der Waals surface area contributed by atoms with Crippen molar-refractivity contribution < 1.29 is 0 Å². The second-order valence-electron chi connectivity index (χ2n) is 2.59. The largest absolute Gasteiger partial charge is 0.271 e. The van der Waals surface area contributed by atoms with Crippen LogP contribution in [0.2, 0.25) is 0 Å². The molecule has 6 nitrogen and oxygen atoms in total. The van der Waals surface area contributed by atoms with Crippen molar-refractivity contribution >= 4 is 11.5 Å². The minimum absolute atomic E-state index is 0.142. The van der Waals surface area contributed by atoms with E-state index in [0.29, 0.717) is 0 Å². The molecule has 2 rings (SSSR count). The first-order valence-electron chi connectivity index (χ1n) is 3.90. The van der Waals surface area contributed by atoms with E-state index in [0.717, 1.165) is 10.4 Å². The van der Waals surface area contributed by atoms with Crippen LogP contribution in [0.15, 0.2) is 24.9 Å². The minimum atomic E-state index is -0.142. The van der Waals surface area contributed by atoms with Crippen molar-refractivity contribution in [3.05, 3.63) is 35.4 Å². The summed E-state index contributed by atoms with van der Waals surface area (Å²) in [6.45, 7) is 0. The van der Waals surface area contributed by atoms with Gasteiger partial charge in [-0.1, -0.05) is 4.49 Å². The molecule has 3 N–H and O–H groups in total. The number of nitrogens with two attached hydrogens (primary N) is 1. The highest BCUT2D eigenvalue weighted by Gasteiger charge is 2.14. The number of hydrazine groups is 1. The van der Waals surface area contributed by atoms with Crippen molar-refractivity contribution in [1.82, 2.24) is 25.0 Å². The quantitative estimate of drug-likeness (QED) is 0.540. The lowest BCUT2D eigenvalue weighted by Crippen LogP contribution is -2.28. The van der Waals surface area contributed by atoms with Gasteiger partial charge in [0.05, 0.1) is 17.1 Å². The Bertz CT molecular complexity index is 374. The smallest absolute Gasteiger partial charge is 0.115 e. The lowest BCUT2D eigenvalue weighted by atomic mass is 10.1. The van der Waals surface area contributed by atoms with Gasteiger partial charge in [-0.2, -0.15) is 0 Å². The minimum Gasteiger partial charge on any atom is -0.271 e. The molecule has 14 heavy (non-hydrogen) atoms. The van der Waals surface area contributed by atoms with Crippen LogP contribution in [0.1, 0.15) is 16.5 Å². The molecule has 0 fully saturated rings. The fourth-order valence-electron chi connectivity index (χ4n) is 1.10. The molecule has 0 aliphatic rings. The number of rotatable bonds is 3. The van der Waals surface area contributed by atoms with Gasteiger partial charge in [-0.25, -0.2) is 15.4 Å². The van der Waals surface area contributed by atoms with Gasteiger partial charge in [0.2, 0.25) is 0 Å². The third-order valence-electron chi connectivity index (χ3n) is 1.74. The summed E-state index contributed by atoms with van der Waals surface area (Å²) >= 11 is 1.29. The molecule has 0 bridgehead atoms. The number of hydrogen-bond donors (Lipinski definition) is 2. The summed E-state index contributed by atoms with van der Waals surface area (Å²) < 4.78 is 3.77. The molecule has 1 unspecified atom stereocenters. The maximum atomic E-state index is 5.44. The van der Waals surface area contributed by atoms with E-state index in [-0.39, 0.29) is 6.04 Å². The van der Waals surface area contributed by atoms with Crippen molar-refractivity contribution in [3.63, 3.8) is 0 Å². The first kappa shape index (κ1) is 9.13. The average Bonchev–Trinajstić information content (AvgIpc) is 2.74. The van der Waals surface area contributed by atoms with E-state index in [9.17, 15) is 0 Å². The van der Waals surface area contributed by atoms with Gasteiger partial charge in [0.25, 0.3) is 0 Å².